The lowest BCUT2D eigenvalue weighted by molar-refractivity contribution is 0.240. The molecule has 1 atom stereocenters. The Bertz CT molecular complexity index is 314. The van der Waals surface area contributed by atoms with Crippen molar-refractivity contribution in [3.63, 3.8) is 0 Å². The van der Waals surface area contributed by atoms with Crippen LogP contribution in [0.4, 0.5) is 0 Å². The maximum absolute atomic E-state index is 5.59. The van der Waals surface area contributed by atoms with Crippen LogP contribution in [0.5, 0.6) is 6.01 Å². The minimum Gasteiger partial charge on any atom is -0.463 e. The molecule has 1 aromatic rings. The molecule has 1 aliphatic heterocycles. The summed E-state index contributed by atoms with van der Waals surface area (Å²) in [5, 5.41) is 3.31. The van der Waals surface area contributed by atoms with E-state index in [4.69, 9.17) is 4.74 Å². The van der Waals surface area contributed by atoms with Gasteiger partial charge in [0.1, 0.15) is 0 Å². The molecule has 0 radical (unpaired) electrons. The molecule has 4 heteroatoms. The molecule has 0 aliphatic carbocycles. The molecule has 82 valence electrons. The number of hydrogen-bond acceptors (Lipinski definition) is 4. The Hall–Kier alpha value is -1.16. The van der Waals surface area contributed by atoms with Crippen LogP contribution in [-0.2, 0) is 0 Å². The molecule has 1 N–H and O–H groups in total. The quantitative estimate of drug-likeness (QED) is 0.805. The average Bonchev–Trinajstić information content (AvgIpc) is 2.65. The van der Waals surface area contributed by atoms with Gasteiger partial charge in [0.05, 0.1) is 6.61 Å². The van der Waals surface area contributed by atoms with E-state index in [-0.39, 0.29) is 0 Å². The van der Waals surface area contributed by atoms with Gasteiger partial charge in [0.2, 0.25) is 0 Å². The van der Waals surface area contributed by atoms with Crippen LogP contribution in [0.15, 0.2) is 6.07 Å². The second-order valence-corrected chi connectivity index (χ2v) is 4.10. The topological polar surface area (TPSA) is 47.0 Å². The van der Waals surface area contributed by atoms with E-state index in [9.17, 15) is 0 Å². The average molecular weight is 207 g/mol. The van der Waals surface area contributed by atoms with Gasteiger partial charge in [0, 0.05) is 23.9 Å². The van der Waals surface area contributed by atoms with Gasteiger partial charge in [-0.15, -0.1) is 0 Å². The van der Waals surface area contributed by atoms with Crippen molar-refractivity contribution in [1.82, 2.24) is 15.3 Å². The summed E-state index contributed by atoms with van der Waals surface area (Å²) in [7, 11) is 0. The number of ether oxygens (including phenoxy) is 1. The largest absolute Gasteiger partial charge is 0.463 e. The Morgan fingerprint density at radius 1 is 1.40 bits per heavy atom. The van der Waals surface area contributed by atoms with E-state index in [0.717, 1.165) is 31.1 Å². The lowest BCUT2D eigenvalue weighted by atomic mass is 10.1. The van der Waals surface area contributed by atoms with E-state index in [1.807, 2.05) is 19.9 Å². The van der Waals surface area contributed by atoms with Gasteiger partial charge in [-0.25, -0.2) is 9.97 Å². The molecule has 0 unspecified atom stereocenters. The van der Waals surface area contributed by atoms with Crippen molar-refractivity contribution >= 4 is 0 Å². The Morgan fingerprint density at radius 3 is 2.73 bits per heavy atom. The fraction of sp³-hybridized carbons (Fsp3) is 0.636. The number of rotatable bonds is 3. The van der Waals surface area contributed by atoms with Crippen molar-refractivity contribution in [1.29, 1.82) is 0 Å². The molecule has 2 heterocycles. The smallest absolute Gasteiger partial charge is 0.316 e. The molecule has 4 nitrogen and oxygen atoms in total. The van der Waals surface area contributed by atoms with E-state index in [0.29, 0.717) is 11.9 Å². The van der Waals surface area contributed by atoms with Crippen molar-refractivity contribution < 1.29 is 4.74 Å². The fourth-order valence-corrected chi connectivity index (χ4v) is 1.81. The SMILES string of the molecule is Cc1cc(C)nc(OC[C@@H]2CCNC2)n1. The van der Waals surface area contributed by atoms with E-state index < -0.39 is 0 Å². The predicted molar refractivity (Wildman–Crippen MR) is 58.0 cm³/mol. The molecule has 15 heavy (non-hydrogen) atoms. The summed E-state index contributed by atoms with van der Waals surface area (Å²) in [6.45, 7) is 6.78. The minimum absolute atomic E-state index is 0.513. The maximum Gasteiger partial charge on any atom is 0.316 e. The van der Waals surface area contributed by atoms with Crippen molar-refractivity contribution in [2.75, 3.05) is 19.7 Å². The third-order valence-electron chi connectivity index (χ3n) is 2.57. The summed E-state index contributed by atoms with van der Waals surface area (Å²) in [6.07, 6.45) is 1.19. The highest BCUT2D eigenvalue weighted by atomic mass is 16.5. The predicted octanol–water partition coefficient (Wildman–Crippen LogP) is 1.08. The van der Waals surface area contributed by atoms with Crippen LogP contribution in [-0.4, -0.2) is 29.7 Å². The summed E-state index contributed by atoms with van der Waals surface area (Å²) < 4.78 is 5.59. The molecule has 1 fully saturated rings. The van der Waals surface area contributed by atoms with Gasteiger partial charge in [0.25, 0.3) is 0 Å². The van der Waals surface area contributed by atoms with Crippen LogP contribution in [0, 0.1) is 19.8 Å². The van der Waals surface area contributed by atoms with Crippen LogP contribution in [0.25, 0.3) is 0 Å². The first-order chi connectivity index (χ1) is 7.24. The first-order valence-electron chi connectivity index (χ1n) is 5.40. The molecule has 1 saturated heterocycles. The fourth-order valence-electron chi connectivity index (χ4n) is 1.81. The second kappa shape index (κ2) is 4.57. The van der Waals surface area contributed by atoms with E-state index in [1.54, 1.807) is 0 Å². The van der Waals surface area contributed by atoms with E-state index >= 15 is 0 Å². The van der Waals surface area contributed by atoms with Crippen LogP contribution < -0.4 is 10.1 Å². The Morgan fingerprint density at radius 2 is 2.13 bits per heavy atom. The van der Waals surface area contributed by atoms with E-state index in [1.165, 1.54) is 6.42 Å². The van der Waals surface area contributed by atoms with Crippen LogP contribution >= 0.6 is 0 Å². The van der Waals surface area contributed by atoms with Gasteiger partial charge in [-0.3, -0.25) is 0 Å². The standard InChI is InChI=1S/C11H17N3O/c1-8-5-9(2)14-11(13-8)15-7-10-3-4-12-6-10/h5,10,12H,3-4,6-7H2,1-2H3/t10-/m1/s1. The zero-order chi connectivity index (χ0) is 10.7. The minimum atomic E-state index is 0.513. The third-order valence-corrected chi connectivity index (χ3v) is 2.57. The number of nitrogens with zero attached hydrogens (tertiary/aromatic N) is 2. The van der Waals surface area contributed by atoms with Gasteiger partial charge in [-0.1, -0.05) is 0 Å². The van der Waals surface area contributed by atoms with Crippen molar-refractivity contribution in [2.45, 2.75) is 20.3 Å². The van der Waals surface area contributed by atoms with Gasteiger partial charge < -0.3 is 10.1 Å². The van der Waals surface area contributed by atoms with Crippen molar-refractivity contribution in [2.24, 2.45) is 5.92 Å². The molecule has 1 aliphatic rings. The molecule has 0 amide bonds. The number of hydrogen-bond donors (Lipinski definition) is 1. The highest BCUT2D eigenvalue weighted by molar-refractivity contribution is 5.10. The Kier molecular flexibility index (Phi) is 3.16. The van der Waals surface area contributed by atoms with Gasteiger partial charge in [-0.05, 0) is 32.9 Å². The zero-order valence-corrected chi connectivity index (χ0v) is 9.29. The molecule has 0 spiro atoms. The first kappa shape index (κ1) is 10.4. The van der Waals surface area contributed by atoms with Gasteiger partial charge in [-0.2, -0.15) is 0 Å². The number of aryl methyl sites for hydroxylation is 2. The summed E-state index contributed by atoms with van der Waals surface area (Å²) in [5.41, 5.74) is 1.92. The number of nitrogens with one attached hydrogen (secondary N) is 1. The molecule has 2 rings (SSSR count). The lowest BCUT2D eigenvalue weighted by Crippen LogP contribution is -2.16. The Labute approximate surface area is 90.1 Å². The van der Waals surface area contributed by atoms with Crippen LogP contribution in [0.1, 0.15) is 17.8 Å². The highest BCUT2D eigenvalue weighted by Gasteiger charge is 2.15. The molecular formula is C11H17N3O. The first-order valence-corrected chi connectivity index (χ1v) is 5.40. The van der Waals surface area contributed by atoms with Gasteiger partial charge >= 0.3 is 6.01 Å². The van der Waals surface area contributed by atoms with Gasteiger partial charge in [0.15, 0.2) is 0 Å². The summed E-state index contributed by atoms with van der Waals surface area (Å²) in [5.74, 6) is 0.606. The highest BCUT2D eigenvalue weighted by Crippen LogP contribution is 2.11. The zero-order valence-electron chi connectivity index (χ0n) is 9.29. The summed E-state index contributed by atoms with van der Waals surface area (Å²) >= 11 is 0. The van der Waals surface area contributed by atoms with E-state index in [2.05, 4.69) is 15.3 Å². The third kappa shape index (κ3) is 2.89. The van der Waals surface area contributed by atoms with Crippen LogP contribution in [0.3, 0.4) is 0 Å². The summed E-state index contributed by atoms with van der Waals surface area (Å²) in [6, 6.07) is 2.46. The lowest BCUT2D eigenvalue weighted by Gasteiger charge is -2.09. The number of aromatic nitrogens is 2. The molecule has 0 aromatic carbocycles. The molecule has 0 saturated carbocycles. The normalized spacial score (nSPS) is 20.5. The Balaban J connectivity index is 1.92. The van der Waals surface area contributed by atoms with Crippen molar-refractivity contribution in [3.8, 4) is 6.01 Å². The molecular weight excluding hydrogens is 190 g/mol. The molecule has 0 bridgehead atoms. The van der Waals surface area contributed by atoms with Crippen LogP contribution in [0.2, 0.25) is 0 Å². The maximum atomic E-state index is 5.59. The summed E-state index contributed by atoms with van der Waals surface area (Å²) in [4.78, 5) is 8.48. The molecule has 1 aromatic heterocycles. The monoisotopic (exact) mass is 207 g/mol. The second-order valence-electron chi connectivity index (χ2n) is 4.10. The van der Waals surface area contributed by atoms with Crippen molar-refractivity contribution in [3.05, 3.63) is 17.5 Å².